The summed E-state index contributed by atoms with van der Waals surface area (Å²) >= 11 is 0. The molecule has 1 N–H and O–H groups in total. The van der Waals surface area contributed by atoms with Gasteiger partial charge in [0.2, 0.25) is 0 Å². The van der Waals surface area contributed by atoms with Crippen LogP contribution >= 0.6 is 0 Å². The lowest BCUT2D eigenvalue weighted by Gasteiger charge is -2.34. The molecule has 0 amide bonds. The van der Waals surface area contributed by atoms with Gasteiger partial charge in [-0.1, -0.05) is 0 Å². The van der Waals surface area contributed by atoms with Crippen molar-refractivity contribution in [1.82, 2.24) is 20.0 Å². The van der Waals surface area contributed by atoms with Gasteiger partial charge in [0, 0.05) is 52.2 Å². The number of rotatable bonds is 9. The summed E-state index contributed by atoms with van der Waals surface area (Å²) in [6, 6.07) is 0. The molecule has 0 radical (unpaired) electrons. The number of nitrogens with one attached hydrogen (secondary N) is 1. The van der Waals surface area contributed by atoms with Crippen molar-refractivity contribution in [3.8, 4) is 0 Å². The monoisotopic (exact) mass is 353 g/mol. The highest BCUT2D eigenvalue weighted by molar-refractivity contribution is 5.80. The first kappa shape index (κ1) is 19.7. The maximum atomic E-state index is 5.91. The van der Waals surface area contributed by atoms with E-state index in [0.717, 1.165) is 44.1 Å². The van der Waals surface area contributed by atoms with Crippen molar-refractivity contribution in [1.29, 1.82) is 0 Å². The van der Waals surface area contributed by atoms with Crippen LogP contribution in [0.2, 0.25) is 0 Å². The van der Waals surface area contributed by atoms with Crippen LogP contribution in [-0.2, 0) is 21.3 Å². The molecule has 1 aromatic rings. The molecule has 0 spiro atoms. The summed E-state index contributed by atoms with van der Waals surface area (Å²) in [5, 5.41) is 7.62. The predicted molar refractivity (Wildman–Crippen MR) is 96.8 cm³/mol. The van der Waals surface area contributed by atoms with Gasteiger partial charge >= 0.3 is 0 Å². The van der Waals surface area contributed by atoms with Crippen molar-refractivity contribution < 1.29 is 14.2 Å². The Morgan fingerprint density at radius 1 is 1.44 bits per heavy atom. The molecule has 1 aliphatic rings. The van der Waals surface area contributed by atoms with E-state index in [1.165, 1.54) is 0 Å². The Hall–Kier alpha value is -1.64. The average Bonchev–Trinajstić information content (AvgIpc) is 3.06. The second-order valence-electron chi connectivity index (χ2n) is 5.95. The van der Waals surface area contributed by atoms with Crippen LogP contribution in [0.15, 0.2) is 17.4 Å². The molecule has 1 saturated heterocycles. The summed E-state index contributed by atoms with van der Waals surface area (Å²) < 4.78 is 18.2. The number of hydrogen-bond acceptors (Lipinski definition) is 5. The minimum absolute atomic E-state index is 0.0312. The molecule has 8 nitrogen and oxygen atoms in total. The Bertz CT molecular complexity index is 520. The quantitative estimate of drug-likeness (QED) is 0.402. The van der Waals surface area contributed by atoms with Crippen LogP contribution in [0.3, 0.4) is 0 Å². The number of aliphatic imine (C=N–C) groups is 1. The van der Waals surface area contributed by atoms with E-state index >= 15 is 0 Å². The zero-order valence-corrected chi connectivity index (χ0v) is 15.6. The summed E-state index contributed by atoms with van der Waals surface area (Å²) in [6.07, 6.45) is 4.81. The maximum Gasteiger partial charge on any atom is 0.194 e. The first-order chi connectivity index (χ1) is 12.2. The molecule has 0 saturated carbocycles. The Labute approximate surface area is 150 Å². The SMILES string of the molecule is CCNC(=NCCCOCCOC)N1CCOC(c2cnn(C)c2)C1. The molecule has 1 unspecified atom stereocenters. The van der Waals surface area contributed by atoms with Gasteiger partial charge in [0.25, 0.3) is 0 Å². The van der Waals surface area contributed by atoms with E-state index in [1.807, 2.05) is 19.4 Å². The number of morpholine rings is 1. The van der Waals surface area contributed by atoms with E-state index in [4.69, 9.17) is 19.2 Å². The van der Waals surface area contributed by atoms with Gasteiger partial charge in [-0.25, -0.2) is 0 Å². The Morgan fingerprint density at radius 3 is 3.04 bits per heavy atom. The molecule has 25 heavy (non-hydrogen) atoms. The van der Waals surface area contributed by atoms with Gasteiger partial charge in [-0.3, -0.25) is 9.67 Å². The number of ether oxygens (including phenoxy) is 3. The summed E-state index contributed by atoms with van der Waals surface area (Å²) in [7, 11) is 3.60. The lowest BCUT2D eigenvalue weighted by Crippen LogP contribution is -2.48. The third kappa shape index (κ3) is 6.64. The van der Waals surface area contributed by atoms with Crippen LogP contribution in [0.25, 0.3) is 0 Å². The average molecular weight is 353 g/mol. The number of nitrogens with zero attached hydrogens (tertiary/aromatic N) is 4. The van der Waals surface area contributed by atoms with Crippen LogP contribution < -0.4 is 5.32 Å². The molecule has 1 aliphatic heterocycles. The van der Waals surface area contributed by atoms with Crippen molar-refractivity contribution in [2.75, 3.05) is 59.7 Å². The molecule has 0 aromatic carbocycles. The fourth-order valence-electron chi connectivity index (χ4n) is 2.67. The van der Waals surface area contributed by atoms with E-state index < -0.39 is 0 Å². The fraction of sp³-hybridized carbons (Fsp3) is 0.765. The minimum atomic E-state index is 0.0312. The first-order valence-electron chi connectivity index (χ1n) is 8.94. The molecule has 142 valence electrons. The van der Waals surface area contributed by atoms with Crippen molar-refractivity contribution in [2.45, 2.75) is 19.4 Å². The van der Waals surface area contributed by atoms with Gasteiger partial charge in [0.05, 0.1) is 32.6 Å². The van der Waals surface area contributed by atoms with E-state index in [1.54, 1.807) is 11.8 Å². The minimum Gasteiger partial charge on any atom is -0.382 e. The highest BCUT2D eigenvalue weighted by atomic mass is 16.5. The van der Waals surface area contributed by atoms with Gasteiger partial charge in [-0.05, 0) is 13.3 Å². The zero-order chi connectivity index (χ0) is 17.9. The molecule has 0 bridgehead atoms. The standard InChI is InChI=1S/C17H31N5O3/c1-4-18-17(19-6-5-8-24-11-10-23-3)22-7-9-25-16(14-22)15-12-20-21(2)13-15/h12-13,16H,4-11,14H2,1-3H3,(H,18,19). The Morgan fingerprint density at radius 2 is 2.32 bits per heavy atom. The summed E-state index contributed by atoms with van der Waals surface area (Å²) in [6.45, 7) is 7.95. The van der Waals surface area contributed by atoms with Gasteiger partial charge in [-0.2, -0.15) is 5.10 Å². The number of aryl methyl sites for hydroxylation is 1. The normalized spacial score (nSPS) is 18.6. The summed E-state index contributed by atoms with van der Waals surface area (Å²) in [5.41, 5.74) is 1.11. The van der Waals surface area contributed by atoms with E-state index in [-0.39, 0.29) is 6.10 Å². The number of guanidine groups is 1. The molecule has 1 atom stereocenters. The lowest BCUT2D eigenvalue weighted by atomic mass is 10.1. The van der Waals surface area contributed by atoms with Crippen LogP contribution in [-0.4, -0.2) is 80.4 Å². The maximum absolute atomic E-state index is 5.91. The van der Waals surface area contributed by atoms with Crippen molar-refractivity contribution in [2.24, 2.45) is 12.0 Å². The van der Waals surface area contributed by atoms with Crippen molar-refractivity contribution in [3.05, 3.63) is 18.0 Å². The number of hydrogen-bond donors (Lipinski definition) is 1. The van der Waals surface area contributed by atoms with Gasteiger partial charge in [0.1, 0.15) is 6.10 Å². The molecule has 2 heterocycles. The third-order valence-electron chi connectivity index (χ3n) is 3.94. The molecule has 8 heteroatoms. The second kappa shape index (κ2) is 11.1. The van der Waals surface area contributed by atoms with E-state index in [9.17, 15) is 0 Å². The number of aromatic nitrogens is 2. The fourth-order valence-corrected chi connectivity index (χ4v) is 2.67. The predicted octanol–water partition coefficient (Wildman–Crippen LogP) is 0.812. The third-order valence-corrected chi connectivity index (χ3v) is 3.94. The smallest absolute Gasteiger partial charge is 0.194 e. The largest absolute Gasteiger partial charge is 0.382 e. The van der Waals surface area contributed by atoms with Crippen molar-refractivity contribution >= 4 is 5.96 Å². The Balaban J connectivity index is 1.84. The van der Waals surface area contributed by atoms with Crippen LogP contribution in [0, 0.1) is 0 Å². The van der Waals surface area contributed by atoms with E-state index in [2.05, 4.69) is 22.2 Å². The molecule has 1 aromatic heterocycles. The van der Waals surface area contributed by atoms with Crippen LogP contribution in [0.4, 0.5) is 0 Å². The van der Waals surface area contributed by atoms with E-state index in [0.29, 0.717) is 26.4 Å². The van der Waals surface area contributed by atoms with Gasteiger partial charge < -0.3 is 24.4 Å². The lowest BCUT2D eigenvalue weighted by molar-refractivity contribution is -0.00806. The molecule has 2 rings (SSSR count). The topological polar surface area (TPSA) is 73.1 Å². The van der Waals surface area contributed by atoms with Crippen molar-refractivity contribution in [3.63, 3.8) is 0 Å². The van der Waals surface area contributed by atoms with Crippen LogP contribution in [0.1, 0.15) is 25.0 Å². The zero-order valence-electron chi connectivity index (χ0n) is 15.6. The summed E-state index contributed by atoms with van der Waals surface area (Å²) in [4.78, 5) is 6.99. The first-order valence-corrected chi connectivity index (χ1v) is 8.94. The highest BCUT2D eigenvalue weighted by Gasteiger charge is 2.25. The van der Waals surface area contributed by atoms with Gasteiger partial charge in [-0.15, -0.1) is 0 Å². The molecular weight excluding hydrogens is 322 g/mol. The highest BCUT2D eigenvalue weighted by Crippen LogP contribution is 2.21. The molecular formula is C17H31N5O3. The molecule has 1 fully saturated rings. The van der Waals surface area contributed by atoms with Gasteiger partial charge in [0.15, 0.2) is 5.96 Å². The van der Waals surface area contributed by atoms with Crippen LogP contribution in [0.5, 0.6) is 0 Å². The molecule has 0 aliphatic carbocycles. The number of methoxy groups -OCH3 is 1. The summed E-state index contributed by atoms with van der Waals surface area (Å²) in [5.74, 6) is 0.941. The second-order valence-corrected chi connectivity index (χ2v) is 5.95. The Kier molecular flexibility index (Phi) is 8.71.